The molecule has 10 heteroatoms. The minimum absolute atomic E-state index is 0.0291. The van der Waals surface area contributed by atoms with Crippen molar-refractivity contribution in [3.8, 4) is 0 Å². The van der Waals surface area contributed by atoms with Crippen molar-refractivity contribution in [3.05, 3.63) is 12.2 Å². The number of phosphoric acid groups is 1. The average Bonchev–Trinajstić information content (AvgIpc) is 3.09. The lowest BCUT2D eigenvalue weighted by Gasteiger charge is -2.28. The molecule has 0 heterocycles. The number of carbonyl (C=O) groups is 2. The number of nitrogens with zero attached hydrogens (tertiary/aromatic N) is 1. The molecule has 1 unspecified atom stereocenters. The van der Waals surface area contributed by atoms with E-state index in [1.54, 1.807) is 0 Å². The van der Waals surface area contributed by atoms with Crippen LogP contribution < -0.4 is 4.89 Å². The van der Waals surface area contributed by atoms with E-state index in [9.17, 15) is 19.0 Å². The maximum absolute atomic E-state index is 12.6. The number of esters is 2. The van der Waals surface area contributed by atoms with Crippen molar-refractivity contribution in [2.75, 3.05) is 47.5 Å². The largest absolute Gasteiger partial charge is 0.756 e. The molecule has 0 amide bonds. The fourth-order valence-corrected chi connectivity index (χ4v) is 6.61. The first-order chi connectivity index (χ1) is 25.0. The van der Waals surface area contributed by atoms with Gasteiger partial charge in [-0.2, -0.15) is 0 Å². The second kappa shape index (κ2) is 35.5. The topological polar surface area (TPSA) is 111 Å². The molecule has 0 aliphatic rings. The van der Waals surface area contributed by atoms with Crippen LogP contribution in [-0.4, -0.2) is 70.0 Å². The highest BCUT2D eigenvalue weighted by Gasteiger charge is 2.21. The smallest absolute Gasteiger partial charge is 0.306 e. The average molecular weight is 760 g/mol. The summed E-state index contributed by atoms with van der Waals surface area (Å²) in [7, 11) is 1.17. The lowest BCUT2D eigenvalue weighted by atomic mass is 10.0. The van der Waals surface area contributed by atoms with Crippen LogP contribution in [0.3, 0.4) is 0 Å². The van der Waals surface area contributed by atoms with E-state index in [2.05, 4.69) is 26.0 Å². The lowest BCUT2D eigenvalue weighted by Crippen LogP contribution is -2.37. The Morgan fingerprint density at radius 2 is 0.981 bits per heavy atom. The van der Waals surface area contributed by atoms with E-state index >= 15 is 0 Å². The maximum Gasteiger partial charge on any atom is 0.306 e. The second-order valence-corrected chi connectivity index (χ2v) is 17.1. The van der Waals surface area contributed by atoms with Crippen molar-refractivity contribution in [2.45, 2.75) is 200 Å². The SMILES string of the molecule is CCCCCCCCC/C=C\CCCCCCCC(=O)OC[C@H](COP(=O)([O-])OCC[N+](C)(C)C)OC(=O)CCCCCCCCCCCCCC. The van der Waals surface area contributed by atoms with Crippen LogP contribution in [0.4, 0.5) is 0 Å². The minimum atomic E-state index is -4.62. The van der Waals surface area contributed by atoms with Crippen molar-refractivity contribution >= 4 is 19.8 Å². The quantitative estimate of drug-likeness (QED) is 0.0200. The van der Waals surface area contributed by atoms with E-state index < -0.39 is 26.5 Å². The van der Waals surface area contributed by atoms with E-state index in [0.29, 0.717) is 17.4 Å². The third kappa shape index (κ3) is 38.5. The third-order valence-corrected chi connectivity index (χ3v) is 10.2. The highest BCUT2D eigenvalue weighted by Crippen LogP contribution is 2.38. The Balaban J connectivity index is 4.35. The number of rotatable bonds is 39. The number of quaternary nitrogens is 1. The summed E-state index contributed by atoms with van der Waals surface area (Å²) in [6.45, 7) is 4.22. The fraction of sp³-hybridized carbons (Fsp3) is 0.905. The number of hydrogen-bond acceptors (Lipinski definition) is 8. The molecule has 2 atom stereocenters. The molecule has 0 spiro atoms. The van der Waals surface area contributed by atoms with Crippen molar-refractivity contribution in [1.82, 2.24) is 0 Å². The van der Waals surface area contributed by atoms with Gasteiger partial charge in [-0.1, -0.05) is 154 Å². The molecule has 0 aromatic carbocycles. The van der Waals surface area contributed by atoms with E-state index in [0.717, 1.165) is 51.4 Å². The normalized spacial score (nSPS) is 13.7. The molecular weight excluding hydrogens is 677 g/mol. The molecule has 0 rings (SSSR count). The molecule has 0 aliphatic heterocycles. The lowest BCUT2D eigenvalue weighted by molar-refractivity contribution is -0.870. The number of phosphoric ester groups is 1. The van der Waals surface area contributed by atoms with Gasteiger partial charge in [0, 0.05) is 12.8 Å². The van der Waals surface area contributed by atoms with Crippen LogP contribution in [0, 0.1) is 0 Å². The molecule has 52 heavy (non-hydrogen) atoms. The molecule has 0 radical (unpaired) electrons. The van der Waals surface area contributed by atoms with Gasteiger partial charge in [0.15, 0.2) is 6.10 Å². The van der Waals surface area contributed by atoms with Crippen molar-refractivity contribution in [1.29, 1.82) is 0 Å². The molecule has 0 fully saturated rings. The minimum Gasteiger partial charge on any atom is -0.756 e. The number of unbranched alkanes of at least 4 members (excludes halogenated alkanes) is 23. The Kier molecular flexibility index (Phi) is 34.6. The Bertz CT molecular complexity index is 907. The summed E-state index contributed by atoms with van der Waals surface area (Å²) in [6.07, 6.45) is 35.2. The van der Waals surface area contributed by atoms with Crippen molar-refractivity contribution in [2.24, 2.45) is 0 Å². The number of allylic oxidation sites excluding steroid dienone is 2. The molecule has 0 saturated heterocycles. The van der Waals surface area contributed by atoms with Crippen LogP contribution in [0.5, 0.6) is 0 Å². The molecule has 0 bridgehead atoms. The zero-order valence-corrected chi connectivity index (χ0v) is 35.4. The molecular formula is C42H82NO8P. The summed E-state index contributed by atoms with van der Waals surface area (Å²) in [6, 6.07) is 0. The van der Waals surface area contributed by atoms with E-state index in [1.165, 1.54) is 109 Å². The first-order valence-electron chi connectivity index (χ1n) is 21.4. The predicted octanol–water partition coefficient (Wildman–Crippen LogP) is 11.2. The van der Waals surface area contributed by atoms with Crippen LogP contribution in [0.25, 0.3) is 0 Å². The molecule has 0 saturated carbocycles. The summed E-state index contributed by atoms with van der Waals surface area (Å²) in [4.78, 5) is 37.4. The number of likely N-dealkylation sites (N-methyl/N-ethyl adjacent to an activating group) is 1. The fourth-order valence-electron chi connectivity index (χ4n) is 5.88. The predicted molar refractivity (Wildman–Crippen MR) is 213 cm³/mol. The summed E-state index contributed by atoms with van der Waals surface area (Å²) >= 11 is 0. The van der Waals surface area contributed by atoms with Gasteiger partial charge in [0.1, 0.15) is 19.8 Å². The van der Waals surface area contributed by atoms with Crippen LogP contribution in [0.2, 0.25) is 0 Å². The van der Waals surface area contributed by atoms with E-state index in [4.69, 9.17) is 18.5 Å². The molecule has 308 valence electrons. The third-order valence-electron chi connectivity index (χ3n) is 9.29. The highest BCUT2D eigenvalue weighted by molar-refractivity contribution is 7.45. The summed E-state index contributed by atoms with van der Waals surface area (Å²) in [5, 5.41) is 0. The molecule has 0 aromatic rings. The first kappa shape index (κ1) is 50.8. The summed E-state index contributed by atoms with van der Waals surface area (Å²) < 4.78 is 33.8. The first-order valence-corrected chi connectivity index (χ1v) is 22.9. The van der Waals surface area contributed by atoms with Crippen LogP contribution in [0.1, 0.15) is 194 Å². The van der Waals surface area contributed by atoms with Crippen molar-refractivity contribution in [3.63, 3.8) is 0 Å². The second-order valence-electron chi connectivity index (χ2n) is 15.7. The molecule has 0 N–H and O–H groups in total. The van der Waals surface area contributed by atoms with Gasteiger partial charge < -0.3 is 27.9 Å². The zero-order chi connectivity index (χ0) is 38.6. The summed E-state index contributed by atoms with van der Waals surface area (Å²) in [5.41, 5.74) is 0. The molecule has 0 aromatic heterocycles. The van der Waals surface area contributed by atoms with Gasteiger partial charge in [0.2, 0.25) is 0 Å². The van der Waals surface area contributed by atoms with Gasteiger partial charge >= 0.3 is 11.9 Å². The number of hydrogen-bond donors (Lipinski definition) is 0. The Labute approximate surface area is 320 Å². The van der Waals surface area contributed by atoms with Gasteiger partial charge in [0.05, 0.1) is 27.7 Å². The van der Waals surface area contributed by atoms with Gasteiger partial charge in [-0.05, 0) is 38.5 Å². The van der Waals surface area contributed by atoms with Crippen molar-refractivity contribution < 1.29 is 42.1 Å². The molecule has 0 aliphatic carbocycles. The summed E-state index contributed by atoms with van der Waals surface area (Å²) in [5.74, 6) is -0.837. The van der Waals surface area contributed by atoms with E-state index in [1.807, 2.05) is 21.1 Å². The van der Waals surface area contributed by atoms with Crippen LogP contribution >= 0.6 is 7.82 Å². The standard InChI is InChI=1S/C42H82NO8P/c1-6-8-10-12-14-16-18-20-21-22-23-25-26-28-30-32-34-41(44)48-38-40(39-50-52(46,47)49-37-36-43(3,4)5)51-42(45)35-33-31-29-27-24-19-17-15-13-11-9-7-2/h21-22,40H,6-20,23-39H2,1-5H3/b22-21-/t40-/m1/s1. The monoisotopic (exact) mass is 760 g/mol. The van der Waals surface area contributed by atoms with E-state index in [-0.39, 0.29) is 32.0 Å². The van der Waals surface area contributed by atoms with Gasteiger partial charge in [-0.15, -0.1) is 0 Å². The van der Waals surface area contributed by atoms with Crippen LogP contribution in [0.15, 0.2) is 12.2 Å². The molecule has 9 nitrogen and oxygen atoms in total. The van der Waals surface area contributed by atoms with Gasteiger partial charge in [0.25, 0.3) is 7.82 Å². The Morgan fingerprint density at radius 3 is 1.42 bits per heavy atom. The zero-order valence-electron chi connectivity index (χ0n) is 34.5. The highest BCUT2D eigenvalue weighted by atomic mass is 31.2. The Morgan fingerprint density at radius 1 is 0.577 bits per heavy atom. The van der Waals surface area contributed by atoms with Gasteiger partial charge in [-0.3, -0.25) is 14.2 Å². The van der Waals surface area contributed by atoms with Crippen LogP contribution in [-0.2, 0) is 32.7 Å². The Hall–Kier alpha value is -1.25. The maximum atomic E-state index is 12.6. The number of ether oxygens (including phenoxy) is 2. The van der Waals surface area contributed by atoms with Gasteiger partial charge in [-0.25, -0.2) is 0 Å². The number of carbonyl (C=O) groups excluding carboxylic acids is 2.